The summed E-state index contributed by atoms with van der Waals surface area (Å²) >= 11 is 0. The Morgan fingerprint density at radius 3 is 2.54 bits per heavy atom. The Balaban J connectivity index is 2.27. The van der Waals surface area contributed by atoms with Crippen molar-refractivity contribution in [3.63, 3.8) is 0 Å². The first kappa shape index (κ1) is 11.0. The molecule has 2 N–H and O–H groups in total. The second-order valence-electron chi connectivity index (χ2n) is 4.25. The lowest BCUT2D eigenvalue weighted by molar-refractivity contribution is 0.233. The maximum Gasteiger partial charge on any atom is 0.00793 e. The molecule has 0 radical (unpaired) electrons. The number of nitrogens with two attached hydrogens (primary N) is 1. The largest absolute Gasteiger partial charge is 0.327 e. The molecular formula is C11H24N2. The van der Waals surface area contributed by atoms with Crippen LogP contribution in [0, 0.1) is 5.92 Å². The third-order valence-corrected chi connectivity index (χ3v) is 3.20. The third-order valence-electron chi connectivity index (χ3n) is 3.20. The van der Waals surface area contributed by atoms with Gasteiger partial charge in [-0.2, -0.15) is 0 Å². The van der Waals surface area contributed by atoms with E-state index in [0.717, 1.165) is 5.92 Å². The van der Waals surface area contributed by atoms with E-state index in [-0.39, 0.29) is 0 Å². The molecule has 0 spiro atoms. The molecule has 1 saturated carbocycles. The van der Waals surface area contributed by atoms with Crippen molar-refractivity contribution in [2.24, 2.45) is 11.7 Å². The predicted octanol–water partition coefficient (Wildman–Crippen LogP) is 1.85. The van der Waals surface area contributed by atoms with E-state index < -0.39 is 0 Å². The summed E-state index contributed by atoms with van der Waals surface area (Å²) in [5.74, 6) is 0.770. The smallest absolute Gasteiger partial charge is 0.00793 e. The van der Waals surface area contributed by atoms with E-state index in [1.807, 2.05) is 0 Å². The highest BCUT2D eigenvalue weighted by Gasteiger charge is 2.24. The van der Waals surface area contributed by atoms with Crippen LogP contribution in [0.25, 0.3) is 0 Å². The Labute approximate surface area is 82.5 Å². The van der Waals surface area contributed by atoms with Gasteiger partial charge in [0.15, 0.2) is 0 Å². The van der Waals surface area contributed by atoms with Gasteiger partial charge in [0, 0.05) is 12.6 Å². The Hall–Kier alpha value is -0.0800. The van der Waals surface area contributed by atoms with Crippen molar-refractivity contribution in [3.8, 4) is 0 Å². The average molecular weight is 184 g/mol. The molecule has 0 bridgehead atoms. The van der Waals surface area contributed by atoms with Gasteiger partial charge in [-0.15, -0.1) is 0 Å². The lowest BCUT2D eigenvalue weighted by Crippen LogP contribution is -2.36. The van der Waals surface area contributed by atoms with Crippen LogP contribution < -0.4 is 5.73 Å². The van der Waals surface area contributed by atoms with Gasteiger partial charge in [0.1, 0.15) is 0 Å². The summed E-state index contributed by atoms with van der Waals surface area (Å²) in [6.45, 7) is 8.13. The highest BCUT2D eigenvalue weighted by molar-refractivity contribution is 4.82. The molecule has 0 saturated heterocycles. The number of hydrogen-bond acceptors (Lipinski definition) is 2. The second kappa shape index (κ2) is 5.61. The maximum atomic E-state index is 6.05. The molecule has 2 nitrogen and oxygen atoms in total. The van der Waals surface area contributed by atoms with Gasteiger partial charge in [-0.25, -0.2) is 0 Å². The van der Waals surface area contributed by atoms with Crippen molar-refractivity contribution in [1.29, 1.82) is 0 Å². The molecule has 0 aliphatic heterocycles. The van der Waals surface area contributed by atoms with Crippen LogP contribution in [0.4, 0.5) is 0 Å². The van der Waals surface area contributed by atoms with Crippen LogP contribution in [0.3, 0.4) is 0 Å². The molecule has 2 atom stereocenters. The van der Waals surface area contributed by atoms with Gasteiger partial charge in [0.25, 0.3) is 0 Å². The van der Waals surface area contributed by atoms with Crippen LogP contribution in [-0.4, -0.2) is 30.6 Å². The monoisotopic (exact) mass is 184 g/mol. The maximum absolute atomic E-state index is 6.05. The van der Waals surface area contributed by atoms with Gasteiger partial charge < -0.3 is 10.6 Å². The summed E-state index contributed by atoms with van der Waals surface area (Å²) in [7, 11) is 0. The van der Waals surface area contributed by atoms with E-state index in [0.29, 0.717) is 6.04 Å². The van der Waals surface area contributed by atoms with Gasteiger partial charge in [-0.1, -0.05) is 20.3 Å². The van der Waals surface area contributed by atoms with Crippen molar-refractivity contribution in [2.45, 2.75) is 45.6 Å². The second-order valence-corrected chi connectivity index (χ2v) is 4.25. The molecule has 2 unspecified atom stereocenters. The van der Waals surface area contributed by atoms with Gasteiger partial charge in [-0.3, -0.25) is 0 Å². The fourth-order valence-electron chi connectivity index (χ4n) is 2.32. The van der Waals surface area contributed by atoms with Crippen molar-refractivity contribution in [1.82, 2.24) is 4.90 Å². The number of nitrogens with zero attached hydrogens (tertiary/aromatic N) is 1. The predicted molar refractivity (Wildman–Crippen MR) is 57.7 cm³/mol. The van der Waals surface area contributed by atoms with Crippen molar-refractivity contribution < 1.29 is 0 Å². The molecule has 1 aliphatic rings. The quantitative estimate of drug-likeness (QED) is 0.706. The molecule has 2 heteroatoms. The molecule has 0 aromatic carbocycles. The lowest BCUT2D eigenvalue weighted by Gasteiger charge is -2.25. The van der Waals surface area contributed by atoms with Crippen molar-refractivity contribution in [3.05, 3.63) is 0 Å². The fraction of sp³-hybridized carbons (Fsp3) is 1.00. The van der Waals surface area contributed by atoms with Crippen molar-refractivity contribution in [2.75, 3.05) is 19.6 Å². The van der Waals surface area contributed by atoms with Crippen LogP contribution in [0.1, 0.15) is 39.5 Å². The van der Waals surface area contributed by atoms with Gasteiger partial charge >= 0.3 is 0 Å². The minimum absolute atomic E-state index is 0.478. The number of hydrogen-bond donors (Lipinski definition) is 1. The fourth-order valence-corrected chi connectivity index (χ4v) is 2.32. The normalized spacial score (nSPS) is 28.6. The molecule has 0 aromatic rings. The molecular weight excluding hydrogens is 160 g/mol. The summed E-state index contributed by atoms with van der Waals surface area (Å²) in [6.07, 6.45) is 5.20. The van der Waals surface area contributed by atoms with Gasteiger partial charge in [-0.05, 0) is 38.3 Å². The van der Waals surface area contributed by atoms with E-state index in [9.17, 15) is 0 Å². The SMILES string of the molecule is CCCN(CC)CC1CCCC1N. The summed E-state index contributed by atoms with van der Waals surface area (Å²) in [5, 5.41) is 0. The highest BCUT2D eigenvalue weighted by atomic mass is 15.1. The van der Waals surface area contributed by atoms with E-state index in [1.165, 1.54) is 45.3 Å². The first-order chi connectivity index (χ1) is 6.27. The molecule has 0 amide bonds. The van der Waals surface area contributed by atoms with E-state index in [1.54, 1.807) is 0 Å². The average Bonchev–Trinajstić information content (AvgIpc) is 2.51. The molecule has 0 heterocycles. The molecule has 1 aliphatic carbocycles. The van der Waals surface area contributed by atoms with Crippen molar-refractivity contribution >= 4 is 0 Å². The summed E-state index contributed by atoms with van der Waals surface area (Å²) in [6, 6.07) is 0.478. The molecule has 78 valence electrons. The minimum atomic E-state index is 0.478. The Bertz CT molecular complexity index is 136. The Morgan fingerprint density at radius 1 is 1.31 bits per heavy atom. The molecule has 0 aromatic heterocycles. The van der Waals surface area contributed by atoms with E-state index in [2.05, 4.69) is 18.7 Å². The Morgan fingerprint density at radius 2 is 2.08 bits per heavy atom. The lowest BCUT2D eigenvalue weighted by atomic mass is 10.0. The first-order valence-electron chi connectivity index (χ1n) is 5.75. The third kappa shape index (κ3) is 3.28. The molecule has 1 rings (SSSR count). The van der Waals surface area contributed by atoms with Crippen LogP contribution in [0.15, 0.2) is 0 Å². The van der Waals surface area contributed by atoms with E-state index >= 15 is 0 Å². The zero-order chi connectivity index (χ0) is 9.68. The minimum Gasteiger partial charge on any atom is -0.327 e. The number of rotatable bonds is 5. The van der Waals surface area contributed by atoms with Gasteiger partial charge in [0.2, 0.25) is 0 Å². The van der Waals surface area contributed by atoms with Crippen LogP contribution in [-0.2, 0) is 0 Å². The summed E-state index contributed by atoms with van der Waals surface area (Å²) in [4.78, 5) is 2.54. The van der Waals surface area contributed by atoms with Crippen LogP contribution in [0.5, 0.6) is 0 Å². The van der Waals surface area contributed by atoms with E-state index in [4.69, 9.17) is 5.73 Å². The summed E-state index contributed by atoms with van der Waals surface area (Å²) < 4.78 is 0. The molecule has 1 fully saturated rings. The zero-order valence-corrected chi connectivity index (χ0v) is 9.13. The summed E-state index contributed by atoms with van der Waals surface area (Å²) in [5.41, 5.74) is 6.05. The van der Waals surface area contributed by atoms with Crippen LogP contribution >= 0.6 is 0 Å². The van der Waals surface area contributed by atoms with Crippen LogP contribution in [0.2, 0.25) is 0 Å². The Kier molecular flexibility index (Phi) is 4.74. The standard InChI is InChI=1S/C11H24N2/c1-3-8-13(4-2)9-10-6-5-7-11(10)12/h10-11H,3-9,12H2,1-2H3. The molecule has 13 heavy (non-hydrogen) atoms. The highest BCUT2D eigenvalue weighted by Crippen LogP contribution is 2.24. The first-order valence-corrected chi connectivity index (χ1v) is 5.75. The van der Waals surface area contributed by atoms with Gasteiger partial charge in [0.05, 0.1) is 0 Å². The zero-order valence-electron chi connectivity index (χ0n) is 9.13. The topological polar surface area (TPSA) is 29.3 Å².